The van der Waals surface area contributed by atoms with E-state index in [1.54, 1.807) is 11.8 Å². The van der Waals surface area contributed by atoms with Gasteiger partial charge in [-0.1, -0.05) is 116 Å². The highest BCUT2D eigenvalue weighted by Gasteiger charge is 2.38. The average Bonchev–Trinajstić information content (AvgIpc) is 3.71. The van der Waals surface area contributed by atoms with Crippen molar-refractivity contribution in [2.45, 2.75) is 56.2 Å². The molecule has 1 fully saturated rings. The lowest BCUT2D eigenvalue weighted by atomic mass is 9.91. The SMILES string of the molecule is COC(=O)[C@H](Cc1ccccc1)NC(=O)NCc1cccc(-c2ccc([C@H]3O[C@@H](CSc4ncn[nH]4)[C@@H](C)[C@@H](c4ccc(CO)cc4)O3)cc2)c1. The number of nitrogens with one attached hydrogen (secondary N) is 3. The Morgan fingerprint density at radius 2 is 1.65 bits per heavy atom. The van der Waals surface area contributed by atoms with Gasteiger partial charge in [-0.3, -0.25) is 5.10 Å². The molecule has 1 aromatic heterocycles. The Kier molecular flexibility index (Phi) is 12.1. The average molecular weight is 708 g/mol. The maximum atomic E-state index is 12.8. The van der Waals surface area contributed by atoms with E-state index in [4.69, 9.17) is 14.2 Å². The minimum atomic E-state index is -0.813. The van der Waals surface area contributed by atoms with Crippen LogP contribution in [0.4, 0.5) is 4.79 Å². The van der Waals surface area contributed by atoms with Crippen LogP contribution in [0.5, 0.6) is 0 Å². The molecule has 5 aromatic rings. The van der Waals surface area contributed by atoms with Crippen molar-refractivity contribution in [1.29, 1.82) is 0 Å². The van der Waals surface area contributed by atoms with E-state index < -0.39 is 24.3 Å². The third-order valence-corrected chi connectivity index (χ3v) is 9.84. The lowest BCUT2D eigenvalue weighted by Gasteiger charge is -2.41. The van der Waals surface area contributed by atoms with Crippen LogP contribution in [0.2, 0.25) is 0 Å². The first-order chi connectivity index (χ1) is 24.9. The molecule has 0 spiro atoms. The smallest absolute Gasteiger partial charge is 0.328 e. The van der Waals surface area contributed by atoms with E-state index in [1.165, 1.54) is 13.4 Å². The molecule has 1 aliphatic rings. The third-order valence-electron chi connectivity index (χ3n) is 8.87. The zero-order valence-electron chi connectivity index (χ0n) is 28.4. The van der Waals surface area contributed by atoms with Gasteiger partial charge in [-0.25, -0.2) is 14.6 Å². The van der Waals surface area contributed by atoms with Crippen molar-refractivity contribution < 1.29 is 28.9 Å². The second-order valence-electron chi connectivity index (χ2n) is 12.3. The monoisotopic (exact) mass is 707 g/mol. The number of benzene rings is 4. The van der Waals surface area contributed by atoms with Crippen LogP contribution in [0, 0.1) is 5.92 Å². The van der Waals surface area contributed by atoms with E-state index in [0.29, 0.717) is 12.2 Å². The Bertz CT molecular complexity index is 1860. The normalized spacial score (nSPS) is 19.2. The molecule has 12 heteroatoms. The summed E-state index contributed by atoms with van der Waals surface area (Å²) in [5, 5.41) is 22.7. The van der Waals surface area contributed by atoms with E-state index in [0.717, 1.165) is 44.1 Å². The maximum absolute atomic E-state index is 12.8. The predicted molar refractivity (Wildman–Crippen MR) is 193 cm³/mol. The van der Waals surface area contributed by atoms with Crippen molar-refractivity contribution in [2.75, 3.05) is 12.9 Å². The number of rotatable bonds is 13. The van der Waals surface area contributed by atoms with Crippen molar-refractivity contribution in [3.8, 4) is 11.1 Å². The Morgan fingerprint density at radius 1 is 0.902 bits per heavy atom. The number of urea groups is 1. The number of hydrogen-bond donors (Lipinski definition) is 4. The van der Waals surface area contributed by atoms with Crippen LogP contribution in [-0.2, 0) is 38.6 Å². The number of hydrogen-bond acceptors (Lipinski definition) is 9. The number of aliphatic hydroxyl groups excluding tert-OH is 1. The van der Waals surface area contributed by atoms with Crippen LogP contribution in [-0.4, -0.2) is 57.3 Å². The highest BCUT2D eigenvalue weighted by molar-refractivity contribution is 7.99. The van der Waals surface area contributed by atoms with Crippen molar-refractivity contribution in [2.24, 2.45) is 5.92 Å². The molecule has 0 bridgehead atoms. The Morgan fingerprint density at radius 3 is 2.35 bits per heavy atom. The summed E-state index contributed by atoms with van der Waals surface area (Å²) in [6, 6.07) is 32.1. The van der Waals surface area contributed by atoms with E-state index >= 15 is 0 Å². The fourth-order valence-corrected chi connectivity index (χ4v) is 6.95. The molecule has 1 aliphatic heterocycles. The van der Waals surface area contributed by atoms with E-state index in [-0.39, 0.29) is 31.3 Å². The molecule has 4 N–H and O–H groups in total. The molecule has 4 aromatic carbocycles. The molecular formula is C39H41N5O6S. The zero-order chi connectivity index (χ0) is 35.6. The van der Waals surface area contributed by atoms with Gasteiger partial charge in [0.2, 0.25) is 0 Å². The number of esters is 1. The molecule has 2 amide bonds. The van der Waals surface area contributed by atoms with Crippen molar-refractivity contribution in [3.05, 3.63) is 137 Å². The van der Waals surface area contributed by atoms with Gasteiger partial charge in [0, 0.05) is 30.2 Å². The van der Waals surface area contributed by atoms with Crippen LogP contribution in [0.25, 0.3) is 11.1 Å². The molecular weight excluding hydrogens is 667 g/mol. The number of aromatic amines is 1. The molecule has 0 aliphatic carbocycles. The lowest BCUT2D eigenvalue weighted by Crippen LogP contribution is -2.47. The maximum Gasteiger partial charge on any atom is 0.328 e. The second-order valence-corrected chi connectivity index (χ2v) is 13.3. The number of H-pyrrole nitrogens is 1. The van der Waals surface area contributed by atoms with Gasteiger partial charge in [0.05, 0.1) is 25.9 Å². The fourth-order valence-electron chi connectivity index (χ4n) is 6.01. The van der Waals surface area contributed by atoms with E-state index in [2.05, 4.69) is 32.7 Å². The summed E-state index contributed by atoms with van der Waals surface area (Å²) in [5.74, 6) is 0.199. The number of aliphatic hydroxyl groups is 1. The van der Waals surface area contributed by atoms with Gasteiger partial charge in [-0.2, -0.15) is 5.10 Å². The molecule has 0 radical (unpaired) electrons. The summed E-state index contributed by atoms with van der Waals surface area (Å²) >= 11 is 1.56. The van der Waals surface area contributed by atoms with Crippen LogP contribution in [0.15, 0.2) is 115 Å². The van der Waals surface area contributed by atoms with Crippen molar-refractivity contribution in [1.82, 2.24) is 25.8 Å². The minimum absolute atomic E-state index is 0.0166. The highest BCUT2D eigenvalue weighted by atomic mass is 32.2. The molecule has 11 nitrogen and oxygen atoms in total. The standard InChI is InChI=1S/C39H41N5O6S/c1-25-34(23-51-39-41-24-42-44-39)49-37(50-35(25)30-13-11-27(22-45)12-14-30)31-17-15-29(16-18-31)32-10-6-9-28(19-32)21-40-38(47)43-33(36(46)48-2)20-26-7-4-3-5-8-26/h3-19,24-25,33-35,37,45H,20-23H2,1-2H3,(H2,40,43,47)(H,41,42,44)/t25-,33+,34+,35+,37+/m1/s1. The van der Waals surface area contributed by atoms with Gasteiger partial charge in [0.25, 0.3) is 0 Å². The Labute approximate surface area is 301 Å². The summed E-state index contributed by atoms with van der Waals surface area (Å²) in [4.78, 5) is 29.4. The Balaban J connectivity index is 1.11. The fraction of sp³-hybridized carbons (Fsp3) is 0.282. The zero-order valence-corrected chi connectivity index (χ0v) is 29.2. The summed E-state index contributed by atoms with van der Waals surface area (Å²) < 4.78 is 18.1. The van der Waals surface area contributed by atoms with Gasteiger partial charge in [-0.05, 0) is 39.4 Å². The molecule has 264 valence electrons. The van der Waals surface area contributed by atoms with Gasteiger partial charge in [-0.15, -0.1) is 0 Å². The molecule has 2 heterocycles. The Hall–Kier alpha value is -5.01. The first-order valence-electron chi connectivity index (χ1n) is 16.7. The first-order valence-corrected chi connectivity index (χ1v) is 17.7. The molecule has 0 unspecified atom stereocenters. The number of nitrogens with zero attached hydrogens (tertiary/aromatic N) is 2. The lowest BCUT2D eigenvalue weighted by molar-refractivity contribution is -0.268. The van der Waals surface area contributed by atoms with E-state index in [1.807, 2.05) is 103 Å². The summed E-state index contributed by atoms with van der Waals surface area (Å²) in [7, 11) is 1.31. The summed E-state index contributed by atoms with van der Waals surface area (Å²) in [5.41, 5.74) is 6.56. The number of carbonyl (C=O) groups excluding carboxylic acids is 2. The molecule has 6 rings (SSSR count). The number of ether oxygens (including phenoxy) is 3. The van der Waals surface area contributed by atoms with Gasteiger partial charge >= 0.3 is 12.0 Å². The van der Waals surface area contributed by atoms with Gasteiger partial charge in [0.1, 0.15) is 12.4 Å². The molecule has 0 saturated carbocycles. The number of thioether (sulfide) groups is 1. The topological polar surface area (TPSA) is 148 Å². The number of carbonyl (C=O) groups is 2. The number of methoxy groups -OCH3 is 1. The van der Waals surface area contributed by atoms with Gasteiger partial charge in [0.15, 0.2) is 11.4 Å². The third kappa shape index (κ3) is 9.41. The highest BCUT2D eigenvalue weighted by Crippen LogP contribution is 2.43. The summed E-state index contributed by atoms with van der Waals surface area (Å²) in [6.45, 7) is 2.38. The van der Waals surface area contributed by atoms with Crippen LogP contribution >= 0.6 is 11.8 Å². The minimum Gasteiger partial charge on any atom is -0.467 e. The van der Waals surface area contributed by atoms with Gasteiger partial charge < -0.3 is 30.0 Å². The molecule has 51 heavy (non-hydrogen) atoms. The summed E-state index contributed by atoms with van der Waals surface area (Å²) in [6.07, 6.45) is 0.861. The first kappa shape index (κ1) is 35.8. The number of amides is 2. The van der Waals surface area contributed by atoms with E-state index in [9.17, 15) is 14.7 Å². The predicted octanol–water partition coefficient (Wildman–Crippen LogP) is 6.13. The van der Waals surface area contributed by atoms with Crippen molar-refractivity contribution in [3.63, 3.8) is 0 Å². The van der Waals surface area contributed by atoms with Crippen molar-refractivity contribution >= 4 is 23.8 Å². The quantitative estimate of drug-likeness (QED) is 0.0838. The van der Waals surface area contributed by atoms with Crippen LogP contribution in [0.3, 0.4) is 0 Å². The molecule has 5 atom stereocenters. The second kappa shape index (κ2) is 17.3. The number of aromatic nitrogens is 3. The molecule has 1 saturated heterocycles. The largest absolute Gasteiger partial charge is 0.467 e. The van der Waals surface area contributed by atoms with Crippen LogP contribution in [0.1, 0.15) is 47.1 Å². The van der Waals surface area contributed by atoms with Crippen LogP contribution < -0.4 is 10.6 Å².